The number of nitrogen functional groups attached to an aromatic ring is 1. The normalized spacial score (nSPS) is 14.6. The van der Waals surface area contributed by atoms with Crippen LogP contribution in [-0.2, 0) is 19.1 Å². The van der Waals surface area contributed by atoms with Crippen LogP contribution in [0.25, 0.3) is 0 Å². The Bertz CT molecular complexity index is 2010. The van der Waals surface area contributed by atoms with Crippen LogP contribution in [0, 0.1) is 10.1 Å². The van der Waals surface area contributed by atoms with Crippen molar-refractivity contribution >= 4 is 46.2 Å². The van der Waals surface area contributed by atoms with Gasteiger partial charge in [-0.15, -0.1) is 0 Å². The molecule has 19 nitrogen and oxygen atoms in total. The van der Waals surface area contributed by atoms with Crippen LogP contribution in [0.15, 0.2) is 73.1 Å². The van der Waals surface area contributed by atoms with Crippen LogP contribution in [0.5, 0.6) is 23.0 Å². The van der Waals surface area contributed by atoms with Gasteiger partial charge in [0.05, 0.1) is 47.7 Å². The lowest BCUT2D eigenvalue weighted by molar-refractivity contribution is -0.384. The van der Waals surface area contributed by atoms with E-state index >= 15 is 0 Å². The van der Waals surface area contributed by atoms with Gasteiger partial charge in [0.2, 0.25) is 11.8 Å². The van der Waals surface area contributed by atoms with E-state index in [-0.39, 0.29) is 36.8 Å². The average Bonchev–Trinajstić information content (AvgIpc) is 3.25. The standard InChI is InChI=1S/C20H25N5O5.C20H27N5O3.C2H6O/c1-21-17-4-3-15(11-18(17)25(27)28)30-16-5-8-22-19(12-16)23-20(26)13-24-9-6-14(29-2)7-10-24;1-22-18-4-3-15(11-17(18)21)28-16-5-8-23-19(12-16)24-20(26)13-25-9-6-14(27-2)7-10-25;1-2-3/h3-5,8,11-12,14,21H,6-7,9-10,13H2,1-2H3,(H,22,23,26);3-5,8,11-12,14,22H,6-7,9-10,13,21H2,1-2H3,(H,23,24,26);3H,2H2,1H3. The van der Waals surface area contributed by atoms with Crippen LogP contribution in [0.2, 0.25) is 0 Å². The van der Waals surface area contributed by atoms with Crippen LogP contribution in [0.1, 0.15) is 32.6 Å². The smallest absolute Gasteiger partial charge is 0.296 e. The lowest BCUT2D eigenvalue weighted by atomic mass is 10.1. The van der Waals surface area contributed by atoms with Gasteiger partial charge in [-0.05, 0) is 69.0 Å². The van der Waals surface area contributed by atoms with Gasteiger partial charge in [0.15, 0.2) is 0 Å². The van der Waals surface area contributed by atoms with E-state index in [1.165, 1.54) is 12.3 Å². The number of carbonyl (C=O) groups excluding carboxylic acids is 2. The van der Waals surface area contributed by atoms with Gasteiger partial charge in [-0.3, -0.25) is 29.5 Å². The van der Waals surface area contributed by atoms with Gasteiger partial charge in [-0.2, -0.15) is 0 Å². The number of rotatable bonds is 15. The first-order valence-electron chi connectivity index (χ1n) is 20.0. The zero-order valence-corrected chi connectivity index (χ0v) is 35.4. The highest BCUT2D eigenvalue weighted by Gasteiger charge is 2.22. The molecule has 2 amide bonds. The summed E-state index contributed by atoms with van der Waals surface area (Å²) in [6, 6.07) is 16.6. The molecule has 2 saturated heterocycles. The molecule has 6 rings (SSSR count). The van der Waals surface area contributed by atoms with Crippen molar-refractivity contribution in [3.63, 3.8) is 0 Å². The Balaban J connectivity index is 0.000000253. The number of carbonyl (C=O) groups is 2. The minimum absolute atomic E-state index is 0.0881. The number of aliphatic hydroxyl groups excluding tert-OH is 1. The number of ether oxygens (including phenoxy) is 4. The molecule has 2 aliphatic rings. The zero-order chi connectivity index (χ0) is 44.1. The number of nitro benzene ring substituents is 1. The lowest BCUT2D eigenvalue weighted by Crippen LogP contribution is -2.41. The molecule has 0 radical (unpaired) electrons. The van der Waals surface area contributed by atoms with Crippen LogP contribution in [0.3, 0.4) is 0 Å². The number of methoxy groups -OCH3 is 2. The molecule has 61 heavy (non-hydrogen) atoms. The fraction of sp³-hybridized carbons (Fsp3) is 0.429. The average molecular weight is 847 g/mol. The molecule has 0 aliphatic carbocycles. The van der Waals surface area contributed by atoms with Crippen LogP contribution in [0.4, 0.5) is 34.4 Å². The van der Waals surface area contributed by atoms with Crippen molar-refractivity contribution in [1.29, 1.82) is 0 Å². The molecule has 0 saturated carbocycles. The molecule has 4 aromatic rings. The molecular formula is C42H58N10O9. The number of pyridine rings is 2. The van der Waals surface area contributed by atoms with E-state index in [2.05, 4.69) is 41.0 Å². The number of nitrogens with one attached hydrogen (secondary N) is 4. The second-order valence-corrected chi connectivity index (χ2v) is 14.0. The van der Waals surface area contributed by atoms with Gasteiger partial charge in [0.25, 0.3) is 5.69 Å². The first kappa shape index (κ1) is 47.6. The second kappa shape index (κ2) is 24.8. The number of hydrogen-bond donors (Lipinski definition) is 6. The van der Waals surface area contributed by atoms with Crippen molar-refractivity contribution in [3.05, 3.63) is 83.2 Å². The Morgan fingerprint density at radius 3 is 1.54 bits per heavy atom. The summed E-state index contributed by atoms with van der Waals surface area (Å²) in [5.41, 5.74) is 7.70. The number of benzene rings is 2. The van der Waals surface area contributed by atoms with Crippen molar-refractivity contribution in [3.8, 4) is 23.0 Å². The SMILES string of the molecule is CCO.CNc1ccc(Oc2ccnc(NC(=O)CN3CCC(OC)CC3)c2)cc1N.CNc1ccc(Oc2ccnc(NC(=O)CN3CCC(OC)CC3)c2)cc1[N+](=O)[O-]. The zero-order valence-electron chi connectivity index (χ0n) is 35.4. The van der Waals surface area contributed by atoms with Gasteiger partial charge in [0.1, 0.15) is 40.3 Å². The molecule has 330 valence electrons. The Labute approximate surface area is 356 Å². The van der Waals surface area contributed by atoms with E-state index in [1.807, 2.05) is 19.2 Å². The highest BCUT2D eigenvalue weighted by molar-refractivity contribution is 5.92. The van der Waals surface area contributed by atoms with Crippen molar-refractivity contribution in [2.24, 2.45) is 0 Å². The third kappa shape index (κ3) is 15.8. The first-order valence-corrected chi connectivity index (χ1v) is 20.0. The number of hydrogen-bond acceptors (Lipinski definition) is 16. The van der Waals surface area contributed by atoms with Crippen LogP contribution < -0.4 is 36.5 Å². The fourth-order valence-corrected chi connectivity index (χ4v) is 6.50. The van der Waals surface area contributed by atoms with E-state index in [0.29, 0.717) is 58.7 Å². The lowest BCUT2D eigenvalue weighted by Gasteiger charge is -2.30. The number of amides is 2. The first-order chi connectivity index (χ1) is 29.5. The Morgan fingerprint density at radius 1 is 0.738 bits per heavy atom. The number of nitrogens with two attached hydrogens (primary N) is 1. The topological polar surface area (TPSA) is 241 Å². The van der Waals surface area contributed by atoms with E-state index in [0.717, 1.165) is 57.5 Å². The van der Waals surface area contributed by atoms with E-state index < -0.39 is 4.92 Å². The Kier molecular flexibility index (Phi) is 19.4. The number of anilines is 5. The largest absolute Gasteiger partial charge is 0.457 e. The molecule has 0 atom stereocenters. The minimum atomic E-state index is -0.480. The summed E-state index contributed by atoms with van der Waals surface area (Å²) in [6.45, 7) is 5.87. The molecule has 2 aromatic heterocycles. The summed E-state index contributed by atoms with van der Waals surface area (Å²) in [5.74, 6) is 2.45. The molecule has 2 aliphatic heterocycles. The maximum absolute atomic E-state index is 12.3. The molecule has 0 unspecified atom stereocenters. The molecule has 0 spiro atoms. The van der Waals surface area contributed by atoms with Gasteiger partial charge < -0.3 is 51.1 Å². The van der Waals surface area contributed by atoms with Gasteiger partial charge in [-0.1, -0.05) is 0 Å². The summed E-state index contributed by atoms with van der Waals surface area (Å²) in [7, 11) is 6.86. The maximum atomic E-state index is 12.3. The quantitative estimate of drug-likeness (QED) is 0.0497. The number of nitro groups is 1. The van der Waals surface area contributed by atoms with Crippen LogP contribution >= 0.6 is 0 Å². The number of aromatic nitrogens is 2. The van der Waals surface area contributed by atoms with Gasteiger partial charge >= 0.3 is 0 Å². The molecular weight excluding hydrogens is 789 g/mol. The number of likely N-dealkylation sites (tertiary alicyclic amines) is 2. The summed E-state index contributed by atoms with van der Waals surface area (Å²) < 4.78 is 22.3. The third-order valence-electron chi connectivity index (χ3n) is 9.67. The number of piperidine rings is 2. The molecule has 19 heteroatoms. The predicted molar refractivity (Wildman–Crippen MR) is 235 cm³/mol. The highest BCUT2D eigenvalue weighted by Crippen LogP contribution is 2.32. The Morgan fingerprint density at radius 2 is 1.15 bits per heavy atom. The summed E-state index contributed by atoms with van der Waals surface area (Å²) >= 11 is 0. The minimum Gasteiger partial charge on any atom is -0.457 e. The monoisotopic (exact) mass is 846 g/mol. The summed E-state index contributed by atoms with van der Waals surface area (Å²) in [4.78, 5) is 47.9. The third-order valence-corrected chi connectivity index (χ3v) is 9.67. The highest BCUT2D eigenvalue weighted by atomic mass is 16.6. The van der Waals surface area contributed by atoms with E-state index in [9.17, 15) is 19.7 Å². The molecule has 4 heterocycles. The van der Waals surface area contributed by atoms with Crippen molar-refractivity contribution in [2.45, 2.75) is 44.8 Å². The molecule has 2 aromatic carbocycles. The van der Waals surface area contributed by atoms with Gasteiger partial charge in [-0.25, -0.2) is 9.97 Å². The van der Waals surface area contributed by atoms with Crippen molar-refractivity contribution < 1.29 is 38.6 Å². The molecule has 2 fully saturated rings. The van der Waals surface area contributed by atoms with E-state index in [4.69, 9.17) is 29.8 Å². The molecule has 7 N–H and O–H groups in total. The van der Waals surface area contributed by atoms with E-state index in [1.54, 1.807) is 76.9 Å². The predicted octanol–water partition coefficient (Wildman–Crippen LogP) is 5.42. The molecule has 0 bridgehead atoms. The number of nitrogens with zero attached hydrogens (tertiary/aromatic N) is 5. The maximum Gasteiger partial charge on any atom is 0.296 e. The summed E-state index contributed by atoms with van der Waals surface area (Å²) in [5, 5.41) is 30.1. The fourth-order valence-electron chi connectivity index (χ4n) is 6.50. The van der Waals surface area contributed by atoms with Crippen molar-refractivity contribution in [1.82, 2.24) is 19.8 Å². The van der Waals surface area contributed by atoms with Crippen LogP contribution in [-0.4, -0.2) is 128 Å². The van der Waals surface area contributed by atoms with Crippen molar-refractivity contribution in [2.75, 3.05) is 101 Å². The summed E-state index contributed by atoms with van der Waals surface area (Å²) in [6.07, 6.45) is 7.37. The second-order valence-electron chi connectivity index (χ2n) is 14.0. The number of aliphatic hydroxyl groups is 1. The van der Waals surface area contributed by atoms with Gasteiger partial charge in [0, 0.05) is 91.7 Å². The Hall–Kier alpha value is -6.12.